The van der Waals surface area contributed by atoms with Gasteiger partial charge in [0, 0.05) is 5.57 Å². The summed E-state index contributed by atoms with van der Waals surface area (Å²) in [5.74, 6) is -0.947. The largest absolute Gasteiger partial charge is 0.469 e. The molecule has 0 N–H and O–H groups in total. The van der Waals surface area contributed by atoms with E-state index < -0.39 is 0 Å². The zero-order chi connectivity index (χ0) is 11.1. The van der Waals surface area contributed by atoms with Crippen molar-refractivity contribution in [2.24, 2.45) is 5.92 Å². The van der Waals surface area contributed by atoms with E-state index in [9.17, 15) is 9.90 Å². The molecular formula is C10H17O4. The highest BCUT2D eigenvalue weighted by Gasteiger charge is 2.17. The normalized spacial score (nSPS) is 14.3. The summed E-state index contributed by atoms with van der Waals surface area (Å²) in [6.07, 6.45) is 0.990. The zero-order valence-corrected chi connectivity index (χ0v) is 9.12. The molecule has 81 valence electrons. The van der Waals surface area contributed by atoms with E-state index in [1.807, 2.05) is 6.92 Å². The lowest BCUT2D eigenvalue weighted by Crippen LogP contribution is -2.14. The predicted octanol–water partition coefficient (Wildman–Crippen LogP) is 1.88. The molecule has 0 aliphatic carbocycles. The number of rotatable bonds is 5. The van der Waals surface area contributed by atoms with Crippen LogP contribution in [0.5, 0.6) is 0 Å². The van der Waals surface area contributed by atoms with Crippen LogP contribution in [0, 0.1) is 5.92 Å². The van der Waals surface area contributed by atoms with Gasteiger partial charge < -0.3 is 9.47 Å². The van der Waals surface area contributed by atoms with Crippen LogP contribution in [0.25, 0.3) is 0 Å². The third-order valence-corrected chi connectivity index (χ3v) is 2.06. The summed E-state index contributed by atoms with van der Waals surface area (Å²) in [4.78, 5) is 11.1. The second-order valence-corrected chi connectivity index (χ2v) is 3.08. The summed E-state index contributed by atoms with van der Waals surface area (Å²) in [5.41, 5.74) is 0.616. The van der Waals surface area contributed by atoms with Crippen LogP contribution in [0.2, 0.25) is 0 Å². The number of esters is 1. The van der Waals surface area contributed by atoms with E-state index in [4.69, 9.17) is 0 Å². The van der Waals surface area contributed by atoms with Gasteiger partial charge in [0.25, 0.3) is 0 Å². The molecule has 1 unspecified atom stereocenters. The van der Waals surface area contributed by atoms with E-state index >= 15 is 0 Å². The van der Waals surface area contributed by atoms with Crippen molar-refractivity contribution in [1.82, 2.24) is 0 Å². The van der Waals surface area contributed by atoms with Crippen LogP contribution in [-0.4, -0.2) is 20.2 Å². The van der Waals surface area contributed by atoms with Gasteiger partial charge in [-0.1, -0.05) is 13.8 Å². The number of allylic oxidation sites excluding steroid dienone is 1. The monoisotopic (exact) mass is 201 g/mol. The molecule has 1 atom stereocenters. The van der Waals surface area contributed by atoms with Crippen LogP contribution in [-0.2, 0) is 19.4 Å². The summed E-state index contributed by atoms with van der Waals surface area (Å²) in [7, 11) is 2.67. The fourth-order valence-corrected chi connectivity index (χ4v) is 1.17. The Bertz CT molecular complexity index is 220. The van der Waals surface area contributed by atoms with Crippen LogP contribution in [0.1, 0.15) is 26.7 Å². The Morgan fingerprint density at radius 1 is 1.29 bits per heavy atom. The minimum Gasteiger partial charge on any atom is -0.469 e. The molecule has 4 heteroatoms. The summed E-state index contributed by atoms with van der Waals surface area (Å²) in [5, 5.41) is 11.2. The molecule has 14 heavy (non-hydrogen) atoms. The van der Waals surface area contributed by atoms with Crippen LogP contribution < -0.4 is 0 Å². The van der Waals surface area contributed by atoms with E-state index in [1.54, 1.807) is 6.92 Å². The molecule has 0 aromatic rings. The molecule has 0 saturated carbocycles. The van der Waals surface area contributed by atoms with Crippen molar-refractivity contribution >= 4 is 5.97 Å². The number of ether oxygens (including phenoxy) is 2. The first-order valence-corrected chi connectivity index (χ1v) is 4.57. The lowest BCUT2D eigenvalue weighted by atomic mass is 10.0. The molecule has 0 aromatic heterocycles. The quantitative estimate of drug-likeness (QED) is 0.504. The first-order chi connectivity index (χ1) is 6.56. The van der Waals surface area contributed by atoms with E-state index in [0.29, 0.717) is 18.4 Å². The van der Waals surface area contributed by atoms with Crippen LogP contribution >= 0.6 is 0 Å². The number of carbonyl (C=O) groups excluding carboxylic acids is 1. The molecule has 0 spiro atoms. The van der Waals surface area contributed by atoms with Gasteiger partial charge in [0.2, 0.25) is 0 Å². The first kappa shape index (κ1) is 12.8. The number of methoxy groups -OCH3 is 2. The van der Waals surface area contributed by atoms with Crippen LogP contribution in [0.3, 0.4) is 0 Å². The van der Waals surface area contributed by atoms with Gasteiger partial charge in [-0.2, -0.15) is 0 Å². The van der Waals surface area contributed by atoms with E-state index in [2.05, 4.69) is 9.47 Å². The predicted molar refractivity (Wildman–Crippen MR) is 50.8 cm³/mol. The lowest BCUT2D eigenvalue weighted by Gasteiger charge is -2.10. The topological polar surface area (TPSA) is 55.4 Å². The summed E-state index contributed by atoms with van der Waals surface area (Å²) >= 11 is 0. The average Bonchev–Trinajstić information content (AvgIpc) is 2.22. The van der Waals surface area contributed by atoms with Crippen molar-refractivity contribution in [3.05, 3.63) is 11.5 Å². The number of hydrogen-bond donors (Lipinski definition) is 0. The minimum atomic E-state index is -0.344. The molecular weight excluding hydrogens is 184 g/mol. The van der Waals surface area contributed by atoms with Crippen molar-refractivity contribution < 1.29 is 19.4 Å². The van der Waals surface area contributed by atoms with E-state index in [-0.39, 0.29) is 17.8 Å². The smallest absolute Gasteiger partial charge is 0.329 e. The fraction of sp³-hybridized carbons (Fsp3) is 0.700. The van der Waals surface area contributed by atoms with Crippen molar-refractivity contribution in [3.8, 4) is 0 Å². The third-order valence-electron chi connectivity index (χ3n) is 2.06. The molecule has 0 aromatic carbocycles. The highest BCUT2D eigenvalue weighted by molar-refractivity contribution is 5.72. The Balaban J connectivity index is 4.40. The van der Waals surface area contributed by atoms with Crippen molar-refractivity contribution in [3.63, 3.8) is 0 Å². The SMILES string of the molecule is CCC(CC(C)C(=O)OC)=C([O])OC. The maximum absolute atomic E-state index is 11.2. The number of carbonyl (C=O) groups is 1. The molecule has 0 heterocycles. The maximum Gasteiger partial charge on any atom is 0.329 e. The third kappa shape index (κ3) is 3.68. The van der Waals surface area contributed by atoms with E-state index in [1.165, 1.54) is 14.2 Å². The molecule has 0 bridgehead atoms. The first-order valence-electron chi connectivity index (χ1n) is 4.57. The van der Waals surface area contributed by atoms with Gasteiger partial charge in [-0.3, -0.25) is 4.79 Å². The second kappa shape index (κ2) is 6.29. The van der Waals surface area contributed by atoms with Crippen LogP contribution in [0.15, 0.2) is 11.5 Å². The Labute approximate surface area is 84.5 Å². The molecule has 0 saturated heterocycles. The number of hydrogen-bond acceptors (Lipinski definition) is 3. The molecule has 0 amide bonds. The van der Waals surface area contributed by atoms with Gasteiger partial charge in [-0.15, -0.1) is 0 Å². The Morgan fingerprint density at radius 2 is 1.86 bits per heavy atom. The summed E-state index contributed by atoms with van der Waals surface area (Å²) < 4.78 is 9.16. The van der Waals surface area contributed by atoms with Gasteiger partial charge in [-0.25, -0.2) is 5.11 Å². The highest BCUT2D eigenvalue weighted by atomic mass is 16.6. The molecule has 0 aliphatic heterocycles. The Hall–Kier alpha value is -1.19. The molecule has 1 radical (unpaired) electrons. The van der Waals surface area contributed by atoms with Crippen molar-refractivity contribution in [1.29, 1.82) is 0 Å². The lowest BCUT2D eigenvalue weighted by molar-refractivity contribution is -0.144. The summed E-state index contributed by atoms with van der Waals surface area (Å²) in [6, 6.07) is 0. The molecule has 4 nitrogen and oxygen atoms in total. The van der Waals surface area contributed by atoms with Gasteiger partial charge in [-0.05, 0) is 12.8 Å². The van der Waals surface area contributed by atoms with Crippen LogP contribution in [0.4, 0.5) is 0 Å². The standard InChI is InChI=1S/C10H17O4/c1-5-8(10(12)14-4)6-7(2)9(11)13-3/h7H,5-6H2,1-4H3. The van der Waals surface area contributed by atoms with Crippen molar-refractivity contribution in [2.45, 2.75) is 26.7 Å². The van der Waals surface area contributed by atoms with E-state index in [0.717, 1.165) is 0 Å². The fourth-order valence-electron chi connectivity index (χ4n) is 1.17. The van der Waals surface area contributed by atoms with Gasteiger partial charge >= 0.3 is 11.9 Å². The molecule has 0 rings (SSSR count). The molecule has 0 fully saturated rings. The minimum absolute atomic E-state index is 0.297. The summed E-state index contributed by atoms with van der Waals surface area (Å²) in [6.45, 7) is 3.58. The van der Waals surface area contributed by atoms with Gasteiger partial charge in [0.1, 0.15) is 0 Å². The average molecular weight is 201 g/mol. The molecule has 0 aliphatic rings. The van der Waals surface area contributed by atoms with Crippen molar-refractivity contribution in [2.75, 3.05) is 14.2 Å². The maximum atomic E-state index is 11.2. The highest BCUT2D eigenvalue weighted by Crippen LogP contribution is 2.18. The second-order valence-electron chi connectivity index (χ2n) is 3.08. The van der Waals surface area contributed by atoms with Gasteiger partial charge in [0.05, 0.1) is 20.1 Å². The zero-order valence-electron chi connectivity index (χ0n) is 9.12. The Morgan fingerprint density at radius 3 is 2.21 bits per heavy atom. The van der Waals surface area contributed by atoms with Gasteiger partial charge in [0.15, 0.2) is 0 Å². The Kier molecular flexibility index (Phi) is 5.76.